The van der Waals surface area contributed by atoms with Crippen molar-refractivity contribution in [1.29, 1.82) is 0 Å². The normalized spacial score (nSPS) is 54.4. The number of aliphatic hydroxyl groups is 4. The fraction of sp³-hybridized carbons (Fsp3) is 0.862. The van der Waals surface area contributed by atoms with Gasteiger partial charge in [-0.05, 0) is 81.6 Å². The van der Waals surface area contributed by atoms with Crippen LogP contribution in [-0.4, -0.2) is 81.2 Å². The van der Waals surface area contributed by atoms with Gasteiger partial charge in [-0.2, -0.15) is 0 Å². The van der Waals surface area contributed by atoms with Gasteiger partial charge in [0.2, 0.25) is 0 Å². The molecule has 4 saturated carbocycles. The molecule has 5 fully saturated rings. The highest BCUT2D eigenvalue weighted by atomic mass is 16.7. The van der Waals surface area contributed by atoms with E-state index in [4.69, 9.17) is 14.2 Å². The van der Waals surface area contributed by atoms with Crippen LogP contribution in [-0.2, 0) is 23.8 Å². The molecule has 0 bridgehead atoms. The molecule has 6 aliphatic rings. The summed E-state index contributed by atoms with van der Waals surface area (Å²) in [5, 5.41) is 44.6. The molecule has 0 spiro atoms. The number of hydrogen-bond donors (Lipinski definition) is 4. The monoisotopic (exact) mass is 534 g/mol. The van der Waals surface area contributed by atoms with Crippen molar-refractivity contribution in [2.45, 2.75) is 120 Å². The molecule has 9 nitrogen and oxygen atoms in total. The lowest BCUT2D eigenvalue weighted by Gasteiger charge is -2.65. The van der Waals surface area contributed by atoms with Gasteiger partial charge in [-0.3, -0.25) is 0 Å². The number of aliphatic hydroxyl groups excluding tert-OH is 2. The summed E-state index contributed by atoms with van der Waals surface area (Å²) in [5.41, 5.74) is -2.60. The topological polar surface area (TPSA) is 143 Å². The summed E-state index contributed by atoms with van der Waals surface area (Å²) in [6, 6.07) is 0. The van der Waals surface area contributed by atoms with Crippen LogP contribution in [0.5, 0.6) is 0 Å². The number of fused-ring (bicyclic) bond motifs is 5. The number of cyclic esters (lactones) is 1. The first-order chi connectivity index (χ1) is 18.0. The predicted molar refractivity (Wildman–Crippen MR) is 133 cm³/mol. The van der Waals surface area contributed by atoms with Crippen molar-refractivity contribution in [3.63, 3.8) is 0 Å². The van der Waals surface area contributed by atoms with Gasteiger partial charge in [0.25, 0.3) is 0 Å². The van der Waals surface area contributed by atoms with Gasteiger partial charge >= 0.3 is 5.97 Å². The fourth-order valence-electron chi connectivity index (χ4n) is 9.76. The van der Waals surface area contributed by atoms with Crippen LogP contribution in [0.3, 0.4) is 0 Å². The Kier molecular flexibility index (Phi) is 6.41. The Hall–Kier alpha value is -1.36. The lowest BCUT2D eigenvalue weighted by Crippen LogP contribution is -2.69. The Morgan fingerprint density at radius 3 is 2.50 bits per heavy atom. The van der Waals surface area contributed by atoms with Crippen LogP contribution in [0.4, 0.5) is 0 Å². The van der Waals surface area contributed by atoms with Crippen molar-refractivity contribution in [2.24, 2.45) is 28.6 Å². The maximum Gasteiger partial charge on any atom is 0.331 e. The Morgan fingerprint density at radius 1 is 1.05 bits per heavy atom. The third-order valence-corrected chi connectivity index (χ3v) is 11.9. The lowest BCUT2D eigenvalue weighted by molar-refractivity contribution is -0.286. The highest BCUT2D eigenvalue weighted by molar-refractivity contribution is 5.85. The van der Waals surface area contributed by atoms with E-state index in [-0.39, 0.29) is 36.2 Å². The molecule has 4 N–H and O–H groups in total. The standard InChI is InChI=1S/C29H42O9/c1-16-25(33)22(31)12-24(37-16)38-18-3-8-27(15-30)20-4-7-26(2)19(17-11-23(32)36-14-17)6-10-29(26,35)21(20)5-9-28(27,34)13-18/h11,15-16,18-22,24-25,31,33-35H,3-10,12-14H2,1-2H3/t16-,18+,19-,20?,21-,22-,24+,25-,26-,27+,28+,29+/m1/s1. The first-order valence-corrected chi connectivity index (χ1v) is 14.4. The van der Waals surface area contributed by atoms with Gasteiger partial charge in [-0.25, -0.2) is 4.79 Å². The number of carbonyl (C=O) groups is 2. The molecule has 9 heteroatoms. The lowest BCUT2D eigenvalue weighted by atomic mass is 9.41. The predicted octanol–water partition coefficient (Wildman–Crippen LogP) is 1.78. The molecule has 1 saturated heterocycles. The number of hydrogen-bond acceptors (Lipinski definition) is 9. The molecule has 0 aromatic carbocycles. The van der Waals surface area contributed by atoms with Gasteiger partial charge in [0, 0.05) is 24.3 Å². The second-order valence-electron chi connectivity index (χ2n) is 13.3. The van der Waals surface area contributed by atoms with E-state index in [1.165, 1.54) is 0 Å². The molecule has 6 rings (SSSR count). The van der Waals surface area contributed by atoms with Crippen LogP contribution in [0.1, 0.15) is 78.1 Å². The number of aldehydes is 1. The van der Waals surface area contributed by atoms with Gasteiger partial charge in [0.15, 0.2) is 6.29 Å². The summed E-state index contributed by atoms with van der Waals surface area (Å²) in [4.78, 5) is 24.7. The van der Waals surface area contributed by atoms with E-state index in [0.717, 1.165) is 31.1 Å². The number of esters is 1. The molecule has 2 aliphatic heterocycles. The summed E-state index contributed by atoms with van der Waals surface area (Å²) in [5.74, 6) is -0.473. The van der Waals surface area contributed by atoms with E-state index < -0.39 is 46.6 Å². The van der Waals surface area contributed by atoms with Crippen molar-refractivity contribution >= 4 is 12.3 Å². The minimum Gasteiger partial charge on any atom is -0.458 e. The summed E-state index contributed by atoms with van der Waals surface area (Å²) in [7, 11) is 0. The molecule has 38 heavy (non-hydrogen) atoms. The van der Waals surface area contributed by atoms with Gasteiger partial charge in [-0.15, -0.1) is 0 Å². The summed E-state index contributed by atoms with van der Waals surface area (Å²) >= 11 is 0. The molecule has 12 atom stereocenters. The SMILES string of the molecule is C[C@H]1O[C@@H](O[C@H]2CC[C@]3(C=O)C4CC[C@]5(C)[C@@H](C6=CC(=O)OC6)CC[C@]5(O)[C@@H]4CC[C@]3(O)C2)C[C@@H](O)[C@@H]1O. The minimum absolute atomic E-state index is 0.0729. The third kappa shape index (κ3) is 3.65. The Morgan fingerprint density at radius 2 is 1.82 bits per heavy atom. The first kappa shape index (κ1) is 26.8. The Bertz CT molecular complexity index is 1000. The Labute approximate surface area is 223 Å². The molecule has 1 unspecified atom stereocenters. The second-order valence-corrected chi connectivity index (χ2v) is 13.3. The average Bonchev–Trinajstić information content (AvgIpc) is 3.41. The van der Waals surface area contributed by atoms with Crippen molar-refractivity contribution in [1.82, 2.24) is 0 Å². The molecule has 0 amide bonds. The summed E-state index contributed by atoms with van der Waals surface area (Å²) < 4.78 is 17.1. The molecular formula is C29H42O9. The maximum atomic E-state index is 12.9. The molecule has 0 aromatic heterocycles. The van der Waals surface area contributed by atoms with Crippen LogP contribution in [0, 0.1) is 28.6 Å². The van der Waals surface area contributed by atoms with E-state index in [1.54, 1.807) is 13.0 Å². The van der Waals surface area contributed by atoms with Gasteiger partial charge in [-0.1, -0.05) is 6.92 Å². The molecule has 0 radical (unpaired) electrons. The van der Waals surface area contributed by atoms with Crippen LogP contribution < -0.4 is 0 Å². The average molecular weight is 535 g/mol. The molecule has 0 aromatic rings. The summed E-state index contributed by atoms with van der Waals surface area (Å²) in [6.45, 7) is 4.13. The zero-order valence-corrected chi connectivity index (χ0v) is 22.4. The quantitative estimate of drug-likeness (QED) is 0.241. The second kappa shape index (κ2) is 9.08. The Balaban J connectivity index is 1.22. The van der Waals surface area contributed by atoms with E-state index in [9.17, 15) is 30.0 Å². The highest BCUT2D eigenvalue weighted by Gasteiger charge is 2.71. The van der Waals surface area contributed by atoms with Crippen LogP contribution in [0.15, 0.2) is 11.6 Å². The van der Waals surface area contributed by atoms with Gasteiger partial charge in [0.05, 0.1) is 34.9 Å². The largest absolute Gasteiger partial charge is 0.458 e. The number of rotatable bonds is 4. The molecule has 4 aliphatic carbocycles. The summed E-state index contributed by atoms with van der Waals surface area (Å²) in [6.07, 6.45) is 4.50. The van der Waals surface area contributed by atoms with E-state index in [0.29, 0.717) is 45.1 Å². The van der Waals surface area contributed by atoms with Crippen molar-refractivity contribution in [3.8, 4) is 0 Å². The molecular weight excluding hydrogens is 492 g/mol. The van der Waals surface area contributed by atoms with Gasteiger partial charge in [0.1, 0.15) is 19.0 Å². The van der Waals surface area contributed by atoms with Gasteiger partial charge < -0.3 is 39.4 Å². The number of ether oxygens (including phenoxy) is 3. The maximum absolute atomic E-state index is 12.9. The zero-order chi connectivity index (χ0) is 27.1. The van der Waals surface area contributed by atoms with Crippen molar-refractivity contribution < 1.29 is 44.2 Å². The smallest absolute Gasteiger partial charge is 0.331 e. The van der Waals surface area contributed by atoms with Crippen LogP contribution >= 0.6 is 0 Å². The zero-order valence-electron chi connectivity index (χ0n) is 22.4. The number of carbonyl (C=O) groups excluding carboxylic acids is 2. The van der Waals surface area contributed by atoms with E-state index >= 15 is 0 Å². The molecule has 2 heterocycles. The van der Waals surface area contributed by atoms with Crippen LogP contribution in [0.2, 0.25) is 0 Å². The first-order valence-electron chi connectivity index (χ1n) is 14.4. The highest BCUT2D eigenvalue weighted by Crippen LogP contribution is 2.70. The minimum atomic E-state index is -1.24. The van der Waals surface area contributed by atoms with Crippen molar-refractivity contribution in [3.05, 3.63) is 11.6 Å². The van der Waals surface area contributed by atoms with Crippen molar-refractivity contribution in [2.75, 3.05) is 6.61 Å². The van der Waals surface area contributed by atoms with E-state index in [2.05, 4.69) is 6.92 Å². The molecule has 212 valence electrons. The van der Waals surface area contributed by atoms with Crippen LogP contribution in [0.25, 0.3) is 0 Å². The fourth-order valence-corrected chi connectivity index (χ4v) is 9.76. The van der Waals surface area contributed by atoms with E-state index in [1.807, 2.05) is 0 Å². The third-order valence-electron chi connectivity index (χ3n) is 11.9.